The quantitative estimate of drug-likeness (QED) is 0.557. The molecular formula is C17H17N3O4. The lowest BCUT2D eigenvalue weighted by Gasteiger charge is -2.13. The zero-order valence-corrected chi connectivity index (χ0v) is 13.6. The summed E-state index contributed by atoms with van der Waals surface area (Å²) in [6.07, 6.45) is 1.51. The first-order valence-electron chi connectivity index (χ1n) is 7.44. The molecule has 0 radical (unpaired) electrons. The topological polar surface area (TPSA) is 90.4 Å². The predicted octanol–water partition coefficient (Wildman–Crippen LogP) is 4.23. The molecule has 1 aromatic carbocycles. The molecule has 2 aromatic heterocycles. The lowest BCUT2D eigenvalue weighted by molar-refractivity contribution is -0.384. The maximum absolute atomic E-state index is 11.1. The van der Waals surface area contributed by atoms with E-state index in [4.69, 9.17) is 9.15 Å². The van der Waals surface area contributed by atoms with Gasteiger partial charge in [0.25, 0.3) is 0 Å². The third kappa shape index (κ3) is 2.76. The molecule has 3 rings (SSSR count). The molecule has 1 N–H and O–H groups in total. The van der Waals surface area contributed by atoms with E-state index in [0.29, 0.717) is 5.76 Å². The molecule has 0 aliphatic heterocycles. The molecule has 0 saturated carbocycles. The van der Waals surface area contributed by atoms with Crippen molar-refractivity contribution in [1.82, 2.24) is 4.98 Å². The summed E-state index contributed by atoms with van der Waals surface area (Å²) in [5.41, 5.74) is 1.63. The number of nitro groups is 1. The molecule has 7 nitrogen and oxygen atoms in total. The lowest BCUT2D eigenvalue weighted by Crippen LogP contribution is -2.10. The minimum absolute atomic E-state index is 0.0696. The Morgan fingerprint density at radius 2 is 2.17 bits per heavy atom. The van der Waals surface area contributed by atoms with Crippen molar-refractivity contribution in [2.45, 2.75) is 19.9 Å². The Hall–Kier alpha value is -3.09. The number of anilines is 1. The Morgan fingerprint density at radius 1 is 1.38 bits per heavy atom. The summed E-state index contributed by atoms with van der Waals surface area (Å²) in [5.74, 6) is 1.67. The van der Waals surface area contributed by atoms with Gasteiger partial charge in [-0.1, -0.05) is 0 Å². The van der Waals surface area contributed by atoms with E-state index in [1.54, 1.807) is 7.11 Å². The van der Waals surface area contributed by atoms with E-state index in [1.807, 2.05) is 32.0 Å². The Bertz CT molecular complexity index is 904. The summed E-state index contributed by atoms with van der Waals surface area (Å²) in [6.45, 7) is 3.83. The van der Waals surface area contributed by atoms with Crippen LogP contribution in [0.5, 0.6) is 5.75 Å². The van der Waals surface area contributed by atoms with E-state index >= 15 is 0 Å². The summed E-state index contributed by atoms with van der Waals surface area (Å²) in [5, 5.41) is 15.1. The number of hydrogen-bond acceptors (Lipinski definition) is 6. The van der Waals surface area contributed by atoms with Crippen LogP contribution in [0.3, 0.4) is 0 Å². The van der Waals surface area contributed by atoms with E-state index in [2.05, 4.69) is 10.3 Å². The predicted molar refractivity (Wildman–Crippen MR) is 90.4 cm³/mol. The molecule has 0 saturated heterocycles. The fourth-order valence-corrected chi connectivity index (χ4v) is 2.68. The van der Waals surface area contributed by atoms with Gasteiger partial charge in [-0.15, -0.1) is 0 Å². The first-order valence-corrected chi connectivity index (χ1v) is 7.44. The molecule has 3 aromatic rings. The monoisotopic (exact) mass is 327 g/mol. The standard InChI is InChI=1S/C17H17N3O4/c1-10-13-9-12(23-3)6-7-15(13)24-16(10)11(2)19-17-14(20(21)22)5-4-8-18-17/h4-9,11H,1-3H3,(H,18,19). The van der Waals surface area contributed by atoms with Gasteiger partial charge < -0.3 is 14.5 Å². The van der Waals surface area contributed by atoms with Crippen LogP contribution >= 0.6 is 0 Å². The number of aromatic nitrogens is 1. The summed E-state index contributed by atoms with van der Waals surface area (Å²) in [7, 11) is 1.61. The minimum Gasteiger partial charge on any atom is -0.497 e. The maximum atomic E-state index is 11.1. The van der Waals surface area contributed by atoms with Gasteiger partial charge in [0.2, 0.25) is 5.82 Å². The smallest absolute Gasteiger partial charge is 0.311 e. The van der Waals surface area contributed by atoms with Crippen LogP contribution in [0.25, 0.3) is 11.0 Å². The van der Waals surface area contributed by atoms with Crippen molar-refractivity contribution in [1.29, 1.82) is 0 Å². The second kappa shape index (κ2) is 6.19. The number of pyridine rings is 1. The van der Waals surface area contributed by atoms with Crippen molar-refractivity contribution in [3.63, 3.8) is 0 Å². The number of ether oxygens (including phenoxy) is 1. The van der Waals surface area contributed by atoms with Crippen LogP contribution in [0.4, 0.5) is 11.5 Å². The number of methoxy groups -OCH3 is 1. The fourth-order valence-electron chi connectivity index (χ4n) is 2.68. The van der Waals surface area contributed by atoms with Crippen LogP contribution < -0.4 is 10.1 Å². The highest BCUT2D eigenvalue weighted by Gasteiger charge is 2.21. The van der Waals surface area contributed by atoms with Crippen LogP contribution in [0.15, 0.2) is 40.9 Å². The number of furan rings is 1. The molecule has 0 aliphatic carbocycles. The van der Waals surface area contributed by atoms with E-state index in [1.165, 1.54) is 18.3 Å². The van der Waals surface area contributed by atoms with Gasteiger partial charge in [0.1, 0.15) is 17.1 Å². The summed E-state index contributed by atoms with van der Waals surface area (Å²) >= 11 is 0. The molecule has 24 heavy (non-hydrogen) atoms. The van der Waals surface area contributed by atoms with Gasteiger partial charge in [-0.3, -0.25) is 10.1 Å². The Labute approximate surface area is 138 Å². The van der Waals surface area contributed by atoms with Gasteiger partial charge in [0, 0.05) is 23.2 Å². The molecular weight excluding hydrogens is 310 g/mol. The Morgan fingerprint density at radius 3 is 2.88 bits per heavy atom. The largest absolute Gasteiger partial charge is 0.497 e. The number of nitrogens with zero attached hydrogens (tertiary/aromatic N) is 2. The maximum Gasteiger partial charge on any atom is 0.311 e. The minimum atomic E-state index is -0.460. The highest BCUT2D eigenvalue weighted by molar-refractivity contribution is 5.83. The third-order valence-electron chi connectivity index (χ3n) is 3.91. The Kier molecular flexibility index (Phi) is 4.07. The summed E-state index contributed by atoms with van der Waals surface area (Å²) < 4.78 is 11.2. The van der Waals surface area contributed by atoms with Crippen molar-refractivity contribution in [3.05, 3.63) is 58.0 Å². The van der Waals surface area contributed by atoms with Crippen LogP contribution in [0.2, 0.25) is 0 Å². The van der Waals surface area contributed by atoms with Crippen molar-refractivity contribution in [3.8, 4) is 5.75 Å². The Balaban J connectivity index is 1.96. The number of fused-ring (bicyclic) bond motifs is 1. The second-order valence-electron chi connectivity index (χ2n) is 5.45. The number of aryl methyl sites for hydroxylation is 1. The molecule has 0 aliphatic rings. The first kappa shape index (κ1) is 15.8. The number of hydrogen-bond donors (Lipinski definition) is 1. The number of nitrogens with one attached hydrogen (secondary N) is 1. The van der Waals surface area contributed by atoms with E-state index in [-0.39, 0.29) is 17.5 Å². The van der Waals surface area contributed by atoms with E-state index in [0.717, 1.165) is 22.3 Å². The number of benzene rings is 1. The fraction of sp³-hybridized carbons (Fsp3) is 0.235. The molecule has 1 unspecified atom stereocenters. The molecule has 0 amide bonds. The first-order chi connectivity index (χ1) is 11.5. The highest BCUT2D eigenvalue weighted by atomic mass is 16.6. The van der Waals surface area contributed by atoms with Crippen molar-refractivity contribution in [2.24, 2.45) is 0 Å². The number of rotatable bonds is 5. The van der Waals surface area contributed by atoms with Crippen molar-refractivity contribution >= 4 is 22.5 Å². The van der Waals surface area contributed by atoms with Crippen molar-refractivity contribution in [2.75, 3.05) is 12.4 Å². The van der Waals surface area contributed by atoms with Gasteiger partial charge >= 0.3 is 5.69 Å². The van der Waals surface area contributed by atoms with Crippen LogP contribution in [-0.2, 0) is 0 Å². The normalized spacial score (nSPS) is 12.1. The van der Waals surface area contributed by atoms with E-state index in [9.17, 15) is 10.1 Å². The lowest BCUT2D eigenvalue weighted by atomic mass is 10.1. The van der Waals surface area contributed by atoms with Gasteiger partial charge in [-0.2, -0.15) is 0 Å². The highest BCUT2D eigenvalue weighted by Crippen LogP contribution is 2.34. The molecule has 124 valence electrons. The van der Waals surface area contributed by atoms with Gasteiger partial charge in [-0.25, -0.2) is 4.98 Å². The SMILES string of the molecule is COc1ccc2oc(C(C)Nc3ncccc3[N+](=O)[O-])c(C)c2c1. The molecule has 0 spiro atoms. The second-order valence-corrected chi connectivity index (χ2v) is 5.45. The molecule has 7 heteroatoms. The average Bonchev–Trinajstić information content (AvgIpc) is 2.91. The van der Waals surface area contributed by atoms with Gasteiger partial charge in [0.05, 0.1) is 18.1 Å². The van der Waals surface area contributed by atoms with E-state index < -0.39 is 4.92 Å². The molecule has 2 heterocycles. The van der Waals surface area contributed by atoms with Gasteiger partial charge in [-0.05, 0) is 38.1 Å². The molecule has 0 bridgehead atoms. The summed E-state index contributed by atoms with van der Waals surface area (Å²) in [6, 6.07) is 8.26. The molecule has 1 atom stereocenters. The van der Waals surface area contributed by atoms with Crippen LogP contribution in [-0.4, -0.2) is 17.0 Å². The third-order valence-corrected chi connectivity index (χ3v) is 3.91. The van der Waals surface area contributed by atoms with Gasteiger partial charge in [0.15, 0.2) is 0 Å². The zero-order chi connectivity index (χ0) is 17.3. The zero-order valence-electron chi connectivity index (χ0n) is 13.6. The molecule has 0 fully saturated rings. The van der Waals surface area contributed by atoms with Crippen LogP contribution in [0, 0.1) is 17.0 Å². The summed E-state index contributed by atoms with van der Waals surface area (Å²) in [4.78, 5) is 14.7. The average molecular weight is 327 g/mol. The van der Waals surface area contributed by atoms with Crippen molar-refractivity contribution < 1.29 is 14.1 Å². The van der Waals surface area contributed by atoms with Crippen LogP contribution in [0.1, 0.15) is 24.3 Å².